The number of nitrogens with one attached hydrogen (secondary N) is 3. The van der Waals surface area contributed by atoms with Crippen molar-refractivity contribution in [1.29, 1.82) is 0 Å². The van der Waals surface area contributed by atoms with Crippen molar-refractivity contribution in [3.63, 3.8) is 0 Å². The van der Waals surface area contributed by atoms with Crippen LogP contribution in [0.25, 0.3) is 0 Å². The van der Waals surface area contributed by atoms with Crippen LogP contribution < -0.4 is 16.0 Å². The zero-order chi connectivity index (χ0) is 15.2. The van der Waals surface area contributed by atoms with E-state index in [9.17, 15) is 20.1 Å². The third-order valence-corrected chi connectivity index (χ3v) is 3.25. The molecule has 2 amide bonds. The first-order valence-corrected chi connectivity index (χ1v) is 6.79. The number of anilines is 1. The van der Waals surface area contributed by atoms with Crippen LogP contribution in [-0.2, 0) is 0 Å². The van der Waals surface area contributed by atoms with Crippen LogP contribution in [0.3, 0.4) is 0 Å². The van der Waals surface area contributed by atoms with Gasteiger partial charge in [0.25, 0.3) is 0 Å². The van der Waals surface area contributed by atoms with E-state index in [4.69, 9.17) is 0 Å². The van der Waals surface area contributed by atoms with Gasteiger partial charge in [0, 0.05) is 51.4 Å². The number of hydrogen-bond acceptors (Lipinski definition) is 6. The van der Waals surface area contributed by atoms with Gasteiger partial charge in [-0.2, -0.15) is 0 Å². The van der Waals surface area contributed by atoms with Gasteiger partial charge in [-0.1, -0.05) is 0 Å². The first-order valence-electron chi connectivity index (χ1n) is 6.79. The molecular weight excluding hydrogens is 276 g/mol. The molecule has 0 radical (unpaired) electrons. The van der Waals surface area contributed by atoms with E-state index in [-0.39, 0.29) is 5.69 Å². The van der Waals surface area contributed by atoms with Gasteiger partial charge in [-0.05, 0) is 0 Å². The lowest BCUT2D eigenvalue weighted by molar-refractivity contribution is 0.233. The average molecular weight is 296 g/mol. The number of carbonyl (C=O) groups is 1. The van der Waals surface area contributed by atoms with Gasteiger partial charge in [-0.3, -0.25) is 4.90 Å². The Hall–Kier alpha value is -2.19. The second kappa shape index (κ2) is 7.00. The molecule has 0 spiro atoms. The maximum Gasteiger partial charge on any atom is 0.319 e. The Balaban J connectivity index is 1.76. The molecular formula is C13H20N4O4. The van der Waals surface area contributed by atoms with Crippen molar-refractivity contribution < 1.29 is 20.1 Å². The summed E-state index contributed by atoms with van der Waals surface area (Å²) in [6.45, 7) is 5.10. The second-order valence-electron chi connectivity index (χ2n) is 4.84. The molecule has 2 rings (SSSR count). The molecule has 116 valence electrons. The largest absolute Gasteiger partial charge is 0.504 e. The first kappa shape index (κ1) is 15.2. The Bertz CT molecular complexity index is 480. The van der Waals surface area contributed by atoms with Gasteiger partial charge >= 0.3 is 6.03 Å². The number of rotatable bonds is 4. The zero-order valence-corrected chi connectivity index (χ0v) is 11.6. The van der Waals surface area contributed by atoms with Crippen LogP contribution >= 0.6 is 0 Å². The number of benzene rings is 1. The van der Waals surface area contributed by atoms with Crippen LogP contribution in [-0.4, -0.2) is 65.5 Å². The summed E-state index contributed by atoms with van der Waals surface area (Å²) in [6, 6.07) is 1.88. The van der Waals surface area contributed by atoms with Crippen molar-refractivity contribution in [3.05, 3.63) is 12.1 Å². The standard InChI is InChI=1S/C13H20N4O4/c18-10-7-9(8-11(19)12(10)20)16-13(21)15-3-6-17-4-1-14-2-5-17/h7-8,14,18-20H,1-6H2,(H2,15,16,21). The Morgan fingerprint density at radius 3 is 2.43 bits per heavy atom. The molecule has 0 aromatic heterocycles. The maximum atomic E-state index is 11.7. The monoisotopic (exact) mass is 296 g/mol. The molecule has 1 aliphatic heterocycles. The van der Waals surface area contributed by atoms with Crippen LogP contribution in [0.4, 0.5) is 10.5 Å². The molecule has 0 unspecified atom stereocenters. The SMILES string of the molecule is O=C(NCCN1CCNCC1)Nc1cc(O)c(O)c(O)c1. The van der Waals surface area contributed by atoms with E-state index in [1.165, 1.54) is 0 Å². The Morgan fingerprint density at radius 1 is 1.19 bits per heavy atom. The molecule has 0 saturated carbocycles. The molecule has 1 fully saturated rings. The summed E-state index contributed by atoms with van der Waals surface area (Å²) < 4.78 is 0. The second-order valence-corrected chi connectivity index (χ2v) is 4.84. The van der Waals surface area contributed by atoms with E-state index in [0.29, 0.717) is 6.54 Å². The summed E-state index contributed by atoms with van der Waals surface area (Å²) in [5.74, 6) is -1.60. The number of urea groups is 1. The first-order chi connectivity index (χ1) is 10.1. The third kappa shape index (κ3) is 4.40. The van der Waals surface area contributed by atoms with Crippen LogP contribution in [0, 0.1) is 0 Å². The van der Waals surface area contributed by atoms with Gasteiger partial charge in [-0.15, -0.1) is 0 Å². The quantitative estimate of drug-likeness (QED) is 0.339. The van der Waals surface area contributed by atoms with Gasteiger partial charge in [0.05, 0.1) is 5.69 Å². The number of phenols is 3. The summed E-state index contributed by atoms with van der Waals surface area (Å²) >= 11 is 0. The number of carbonyl (C=O) groups excluding carboxylic acids is 1. The van der Waals surface area contributed by atoms with E-state index >= 15 is 0 Å². The Labute approximate surface area is 122 Å². The number of nitrogens with zero attached hydrogens (tertiary/aromatic N) is 1. The van der Waals surface area contributed by atoms with Crippen molar-refractivity contribution >= 4 is 11.7 Å². The fourth-order valence-corrected chi connectivity index (χ4v) is 2.11. The molecule has 8 nitrogen and oxygen atoms in total. The minimum atomic E-state index is -0.611. The average Bonchev–Trinajstić information content (AvgIpc) is 2.46. The van der Waals surface area contributed by atoms with Crippen molar-refractivity contribution in [2.75, 3.05) is 44.6 Å². The van der Waals surface area contributed by atoms with Crippen LogP contribution in [0.1, 0.15) is 0 Å². The highest BCUT2D eigenvalue weighted by atomic mass is 16.3. The molecule has 8 heteroatoms. The minimum absolute atomic E-state index is 0.197. The Morgan fingerprint density at radius 2 is 1.81 bits per heavy atom. The van der Waals surface area contributed by atoms with Gasteiger partial charge < -0.3 is 31.3 Å². The number of phenolic OH excluding ortho intramolecular Hbond substituents is 3. The molecule has 1 aromatic carbocycles. The van der Waals surface area contributed by atoms with E-state index in [1.807, 2.05) is 0 Å². The highest BCUT2D eigenvalue weighted by Crippen LogP contribution is 2.37. The molecule has 1 aromatic rings. The maximum absolute atomic E-state index is 11.7. The highest BCUT2D eigenvalue weighted by Gasteiger charge is 2.11. The van der Waals surface area contributed by atoms with Crippen molar-refractivity contribution in [2.45, 2.75) is 0 Å². The number of piperazine rings is 1. The molecule has 1 aliphatic rings. The lowest BCUT2D eigenvalue weighted by Crippen LogP contribution is -2.46. The fourth-order valence-electron chi connectivity index (χ4n) is 2.11. The van der Waals surface area contributed by atoms with Gasteiger partial charge in [0.2, 0.25) is 0 Å². The normalized spacial score (nSPS) is 15.6. The molecule has 0 aliphatic carbocycles. The highest BCUT2D eigenvalue weighted by molar-refractivity contribution is 5.90. The number of hydrogen-bond donors (Lipinski definition) is 6. The number of amides is 2. The molecule has 0 bridgehead atoms. The van der Waals surface area contributed by atoms with Crippen molar-refractivity contribution in [3.8, 4) is 17.2 Å². The summed E-state index contributed by atoms with van der Waals surface area (Å²) in [5, 5.41) is 36.3. The fraction of sp³-hybridized carbons (Fsp3) is 0.462. The smallest absolute Gasteiger partial charge is 0.319 e. The minimum Gasteiger partial charge on any atom is -0.504 e. The van der Waals surface area contributed by atoms with Crippen LogP contribution in [0.2, 0.25) is 0 Å². The predicted octanol–water partition coefficient (Wildman–Crippen LogP) is -0.170. The van der Waals surface area contributed by atoms with Gasteiger partial charge in [-0.25, -0.2) is 4.79 Å². The third-order valence-electron chi connectivity index (χ3n) is 3.25. The van der Waals surface area contributed by atoms with E-state index < -0.39 is 23.3 Å². The Kier molecular flexibility index (Phi) is 5.07. The van der Waals surface area contributed by atoms with Crippen LogP contribution in [0.5, 0.6) is 17.2 Å². The summed E-state index contributed by atoms with van der Waals surface area (Å²) in [4.78, 5) is 13.9. The molecule has 1 heterocycles. The van der Waals surface area contributed by atoms with Crippen molar-refractivity contribution in [2.24, 2.45) is 0 Å². The summed E-state index contributed by atoms with van der Waals surface area (Å²) in [7, 11) is 0. The van der Waals surface area contributed by atoms with Gasteiger partial charge in [0.1, 0.15) is 0 Å². The summed E-state index contributed by atoms with van der Waals surface area (Å²) in [6.07, 6.45) is 0. The molecule has 1 saturated heterocycles. The molecule has 6 N–H and O–H groups in total. The van der Waals surface area contributed by atoms with Crippen molar-refractivity contribution in [1.82, 2.24) is 15.5 Å². The lowest BCUT2D eigenvalue weighted by atomic mass is 10.2. The molecule has 21 heavy (non-hydrogen) atoms. The zero-order valence-electron chi connectivity index (χ0n) is 11.6. The van der Waals surface area contributed by atoms with E-state index in [0.717, 1.165) is 44.9 Å². The topological polar surface area (TPSA) is 117 Å². The van der Waals surface area contributed by atoms with Gasteiger partial charge in [0.15, 0.2) is 17.2 Å². The van der Waals surface area contributed by atoms with Crippen LogP contribution in [0.15, 0.2) is 12.1 Å². The predicted molar refractivity (Wildman–Crippen MR) is 77.8 cm³/mol. The summed E-state index contributed by atoms with van der Waals surface area (Å²) in [5.41, 5.74) is 0.197. The lowest BCUT2D eigenvalue weighted by Gasteiger charge is -2.27. The van der Waals surface area contributed by atoms with E-state index in [1.54, 1.807) is 0 Å². The van der Waals surface area contributed by atoms with E-state index in [2.05, 4.69) is 20.9 Å². The number of aromatic hydroxyl groups is 3. The molecule has 0 atom stereocenters.